The van der Waals surface area contributed by atoms with Gasteiger partial charge in [0.15, 0.2) is 0 Å². The molecule has 0 bridgehead atoms. The molecule has 9 heteroatoms. The number of anilines is 2. The van der Waals surface area contributed by atoms with Gasteiger partial charge in [-0.25, -0.2) is 13.2 Å². The molecule has 0 aliphatic carbocycles. The molecule has 0 aromatic heterocycles. The van der Waals surface area contributed by atoms with Crippen molar-refractivity contribution in [2.24, 2.45) is 0 Å². The molecule has 0 atom stereocenters. The Hall–Kier alpha value is -3.85. The van der Waals surface area contributed by atoms with E-state index < -0.39 is 28.4 Å². The van der Waals surface area contributed by atoms with E-state index in [0.717, 1.165) is 9.87 Å². The fourth-order valence-electron chi connectivity index (χ4n) is 3.17. The third-order valence-electron chi connectivity index (χ3n) is 4.92. The number of rotatable bonds is 9. The summed E-state index contributed by atoms with van der Waals surface area (Å²) in [6, 6.07) is 19.0. The van der Waals surface area contributed by atoms with Crippen LogP contribution in [0.2, 0.25) is 0 Å². The van der Waals surface area contributed by atoms with Gasteiger partial charge in [0, 0.05) is 5.69 Å². The van der Waals surface area contributed by atoms with E-state index in [-0.39, 0.29) is 4.90 Å². The molecule has 3 rings (SSSR count). The minimum atomic E-state index is -4.03. The van der Waals surface area contributed by atoms with Crippen molar-refractivity contribution in [3.05, 3.63) is 83.9 Å². The Labute approximate surface area is 199 Å². The molecule has 0 radical (unpaired) electrons. The number of aryl methyl sites for hydroxylation is 1. The molecule has 3 aromatic rings. The van der Waals surface area contributed by atoms with E-state index in [4.69, 9.17) is 4.74 Å². The lowest BCUT2D eigenvalue weighted by Crippen LogP contribution is -2.38. The minimum Gasteiger partial charge on any atom is -0.494 e. The van der Waals surface area contributed by atoms with Crippen LogP contribution >= 0.6 is 0 Å². The van der Waals surface area contributed by atoms with Crippen LogP contribution in [0, 0.1) is 6.92 Å². The van der Waals surface area contributed by atoms with E-state index in [0.29, 0.717) is 29.3 Å². The van der Waals surface area contributed by atoms with E-state index >= 15 is 0 Å². The molecule has 1 N–H and O–H groups in total. The highest BCUT2D eigenvalue weighted by Gasteiger charge is 2.27. The molecule has 178 valence electrons. The highest BCUT2D eigenvalue weighted by atomic mass is 32.2. The Morgan fingerprint density at radius 3 is 2.09 bits per heavy atom. The summed E-state index contributed by atoms with van der Waals surface area (Å²) in [4.78, 5) is 24.5. The quantitative estimate of drug-likeness (QED) is 0.462. The molecular formula is C25H26N2O6S. The van der Waals surface area contributed by atoms with Crippen molar-refractivity contribution in [1.82, 2.24) is 0 Å². The van der Waals surface area contributed by atoms with Gasteiger partial charge in [0.1, 0.15) is 12.3 Å². The van der Waals surface area contributed by atoms with Crippen molar-refractivity contribution in [1.29, 1.82) is 0 Å². The summed E-state index contributed by atoms with van der Waals surface area (Å²) in [7, 11) is -2.75. The van der Waals surface area contributed by atoms with Crippen LogP contribution in [0.15, 0.2) is 77.7 Å². The van der Waals surface area contributed by atoms with Crippen molar-refractivity contribution < 1.29 is 27.5 Å². The first-order valence-corrected chi connectivity index (χ1v) is 12.0. The molecule has 0 aliphatic heterocycles. The number of hydrogen-bond donors (Lipinski definition) is 1. The topological polar surface area (TPSA) is 102 Å². The molecule has 34 heavy (non-hydrogen) atoms. The maximum atomic E-state index is 13.5. The lowest BCUT2D eigenvalue weighted by atomic mass is 10.2. The maximum Gasteiger partial charge on any atom is 0.337 e. The van der Waals surface area contributed by atoms with Gasteiger partial charge in [-0.1, -0.05) is 17.7 Å². The smallest absolute Gasteiger partial charge is 0.337 e. The van der Waals surface area contributed by atoms with Gasteiger partial charge in [-0.15, -0.1) is 0 Å². The Morgan fingerprint density at radius 1 is 0.912 bits per heavy atom. The van der Waals surface area contributed by atoms with Crippen LogP contribution in [-0.2, 0) is 19.6 Å². The largest absolute Gasteiger partial charge is 0.494 e. The van der Waals surface area contributed by atoms with E-state index in [9.17, 15) is 18.0 Å². The minimum absolute atomic E-state index is 0.0715. The van der Waals surface area contributed by atoms with Crippen molar-refractivity contribution in [3.63, 3.8) is 0 Å². The predicted molar refractivity (Wildman–Crippen MR) is 130 cm³/mol. The molecule has 0 spiro atoms. The summed E-state index contributed by atoms with van der Waals surface area (Å²) in [6.45, 7) is 3.73. The summed E-state index contributed by atoms with van der Waals surface area (Å²) < 4.78 is 38.1. The highest BCUT2D eigenvalue weighted by Crippen LogP contribution is 2.26. The van der Waals surface area contributed by atoms with E-state index in [2.05, 4.69) is 10.1 Å². The molecule has 1 amide bonds. The number of esters is 1. The predicted octanol–water partition coefficient (Wildman–Crippen LogP) is 4.01. The monoisotopic (exact) mass is 482 g/mol. The van der Waals surface area contributed by atoms with Crippen molar-refractivity contribution >= 4 is 33.3 Å². The number of methoxy groups -OCH3 is 1. The zero-order chi connectivity index (χ0) is 24.7. The second-order valence-electron chi connectivity index (χ2n) is 7.37. The molecule has 0 saturated heterocycles. The van der Waals surface area contributed by atoms with Gasteiger partial charge in [0.2, 0.25) is 5.91 Å². The highest BCUT2D eigenvalue weighted by molar-refractivity contribution is 7.92. The zero-order valence-electron chi connectivity index (χ0n) is 19.1. The number of benzene rings is 3. The van der Waals surface area contributed by atoms with Crippen molar-refractivity contribution in [2.45, 2.75) is 18.7 Å². The molecule has 0 saturated carbocycles. The van der Waals surface area contributed by atoms with Gasteiger partial charge < -0.3 is 14.8 Å². The third-order valence-corrected chi connectivity index (χ3v) is 6.71. The standard InChI is InChI=1S/C25H26N2O6S/c1-4-33-22-13-11-21(12-14-22)27(34(30,31)23-15-5-18(2)6-16-23)17-24(28)26-20-9-7-19(8-10-20)25(29)32-3/h5-16H,4,17H2,1-3H3,(H,26,28). The zero-order valence-corrected chi connectivity index (χ0v) is 20.0. The Balaban J connectivity index is 1.88. The van der Waals surface area contributed by atoms with Gasteiger partial charge >= 0.3 is 5.97 Å². The number of carbonyl (C=O) groups is 2. The first-order chi connectivity index (χ1) is 16.2. The normalized spacial score (nSPS) is 10.9. The SMILES string of the molecule is CCOc1ccc(N(CC(=O)Nc2ccc(C(=O)OC)cc2)S(=O)(=O)c2ccc(C)cc2)cc1. The molecule has 0 fully saturated rings. The second kappa shape index (κ2) is 10.8. The Kier molecular flexibility index (Phi) is 7.91. The molecule has 3 aromatic carbocycles. The Morgan fingerprint density at radius 2 is 1.53 bits per heavy atom. The van der Waals surface area contributed by atoms with Crippen LogP contribution < -0.4 is 14.4 Å². The van der Waals surface area contributed by atoms with Gasteiger partial charge in [0.05, 0.1) is 29.9 Å². The summed E-state index contributed by atoms with van der Waals surface area (Å²) in [5.41, 5.74) is 1.98. The fourth-order valence-corrected chi connectivity index (χ4v) is 4.59. The molecule has 0 heterocycles. The van der Waals surface area contributed by atoms with Crippen LogP contribution in [0.4, 0.5) is 11.4 Å². The molecule has 0 aliphatic rings. The summed E-state index contributed by atoms with van der Waals surface area (Å²) in [5.74, 6) is -0.451. The second-order valence-corrected chi connectivity index (χ2v) is 9.23. The Bertz CT molecular complexity index is 1240. The summed E-state index contributed by atoms with van der Waals surface area (Å²) >= 11 is 0. The number of nitrogens with one attached hydrogen (secondary N) is 1. The number of nitrogens with zero attached hydrogens (tertiary/aromatic N) is 1. The van der Waals surface area contributed by atoms with Crippen LogP contribution in [-0.4, -0.2) is 40.6 Å². The van der Waals surface area contributed by atoms with E-state index in [1.807, 2.05) is 13.8 Å². The summed E-state index contributed by atoms with van der Waals surface area (Å²) in [6.07, 6.45) is 0. The molecular weight excluding hydrogens is 456 g/mol. The molecule has 0 unspecified atom stereocenters. The maximum absolute atomic E-state index is 13.5. The van der Waals surface area contributed by atoms with Gasteiger partial charge in [-0.05, 0) is 74.5 Å². The van der Waals surface area contributed by atoms with Crippen molar-refractivity contribution in [2.75, 3.05) is 29.9 Å². The third kappa shape index (κ3) is 5.93. The van der Waals surface area contributed by atoms with E-state index in [1.165, 1.54) is 31.4 Å². The fraction of sp³-hybridized carbons (Fsp3) is 0.200. The van der Waals surface area contributed by atoms with E-state index in [1.54, 1.807) is 48.5 Å². The lowest BCUT2D eigenvalue weighted by molar-refractivity contribution is -0.114. The first kappa shape index (κ1) is 24.8. The average Bonchev–Trinajstić information content (AvgIpc) is 2.83. The van der Waals surface area contributed by atoms with Crippen LogP contribution in [0.5, 0.6) is 5.75 Å². The van der Waals surface area contributed by atoms with Crippen LogP contribution in [0.1, 0.15) is 22.8 Å². The first-order valence-electron chi connectivity index (χ1n) is 10.5. The number of carbonyl (C=O) groups excluding carboxylic acids is 2. The van der Waals surface area contributed by atoms with Crippen molar-refractivity contribution in [3.8, 4) is 5.75 Å². The number of ether oxygens (including phenoxy) is 2. The number of amides is 1. The van der Waals surface area contributed by atoms with Gasteiger partial charge in [-0.3, -0.25) is 9.10 Å². The van der Waals surface area contributed by atoms with Gasteiger partial charge in [0.25, 0.3) is 10.0 Å². The lowest BCUT2D eigenvalue weighted by Gasteiger charge is -2.24. The van der Waals surface area contributed by atoms with Gasteiger partial charge in [-0.2, -0.15) is 0 Å². The molecule has 8 nitrogen and oxygen atoms in total. The number of sulfonamides is 1. The average molecular weight is 483 g/mol. The summed E-state index contributed by atoms with van der Waals surface area (Å²) in [5, 5.41) is 2.67. The van der Waals surface area contributed by atoms with Crippen LogP contribution in [0.3, 0.4) is 0 Å². The number of hydrogen-bond acceptors (Lipinski definition) is 6. The van der Waals surface area contributed by atoms with Crippen LogP contribution in [0.25, 0.3) is 0 Å².